The number of cyclic esters (lactones) is 1. The Morgan fingerprint density at radius 3 is 2.74 bits per heavy atom. The first-order valence-electron chi connectivity index (χ1n) is 7.73. The molecule has 2 aromatic carbocycles. The Kier molecular flexibility index (Phi) is 4.15. The zero-order valence-corrected chi connectivity index (χ0v) is 13.2. The van der Waals surface area contributed by atoms with Crippen molar-refractivity contribution in [1.29, 1.82) is 0 Å². The highest BCUT2D eigenvalue weighted by Crippen LogP contribution is 2.22. The molecule has 0 radical (unpaired) electrons. The van der Waals surface area contributed by atoms with E-state index in [0.29, 0.717) is 0 Å². The average molecular weight is 309 g/mol. The standard InChI is InChI=1S/C19H19NO3/c1-13(2)17-12-23-19(22)20(17)18(21)11-10-15-8-5-7-14-6-3-4-9-16(14)15/h3-11,13,17H,12H2,1-2H3/b11-10+/t17-/m1/s1. The van der Waals surface area contributed by atoms with E-state index < -0.39 is 6.09 Å². The molecule has 1 atom stereocenters. The van der Waals surface area contributed by atoms with Gasteiger partial charge < -0.3 is 4.74 Å². The number of rotatable bonds is 3. The molecular weight excluding hydrogens is 290 g/mol. The van der Waals surface area contributed by atoms with Crippen molar-refractivity contribution in [2.75, 3.05) is 6.61 Å². The van der Waals surface area contributed by atoms with Crippen LogP contribution in [-0.4, -0.2) is 29.5 Å². The minimum absolute atomic E-state index is 0.163. The third-order valence-corrected chi connectivity index (χ3v) is 4.14. The second-order valence-electron chi connectivity index (χ2n) is 6.00. The molecular formula is C19H19NO3. The fourth-order valence-corrected chi connectivity index (χ4v) is 2.82. The van der Waals surface area contributed by atoms with Gasteiger partial charge in [0.1, 0.15) is 6.61 Å². The van der Waals surface area contributed by atoms with E-state index in [1.807, 2.05) is 56.3 Å². The van der Waals surface area contributed by atoms with Gasteiger partial charge in [-0.3, -0.25) is 4.79 Å². The van der Waals surface area contributed by atoms with Crippen LogP contribution < -0.4 is 0 Å². The SMILES string of the molecule is CC(C)[C@H]1COC(=O)N1C(=O)/C=C/c1cccc2ccccc12. The molecule has 0 aromatic heterocycles. The molecule has 2 aromatic rings. The maximum atomic E-state index is 12.4. The molecule has 4 heteroatoms. The first-order valence-corrected chi connectivity index (χ1v) is 7.73. The molecule has 0 bridgehead atoms. The molecule has 23 heavy (non-hydrogen) atoms. The number of imide groups is 1. The highest BCUT2D eigenvalue weighted by molar-refractivity contribution is 6.03. The highest BCUT2D eigenvalue weighted by Gasteiger charge is 2.38. The van der Waals surface area contributed by atoms with Crippen LogP contribution in [0.5, 0.6) is 0 Å². The lowest BCUT2D eigenvalue weighted by atomic mass is 10.0. The predicted octanol–water partition coefficient (Wildman–Crippen LogP) is 3.86. The molecule has 118 valence electrons. The number of nitrogens with zero attached hydrogens (tertiary/aromatic N) is 1. The zero-order valence-electron chi connectivity index (χ0n) is 13.2. The molecule has 1 aliphatic rings. The predicted molar refractivity (Wildman–Crippen MR) is 89.8 cm³/mol. The summed E-state index contributed by atoms with van der Waals surface area (Å²) >= 11 is 0. The summed E-state index contributed by atoms with van der Waals surface area (Å²) in [5.74, 6) is -0.171. The Morgan fingerprint density at radius 1 is 1.22 bits per heavy atom. The van der Waals surface area contributed by atoms with Crippen LogP contribution in [-0.2, 0) is 9.53 Å². The van der Waals surface area contributed by atoms with Crippen molar-refractivity contribution in [2.45, 2.75) is 19.9 Å². The second kappa shape index (κ2) is 6.24. The van der Waals surface area contributed by atoms with Crippen molar-refractivity contribution < 1.29 is 14.3 Å². The molecule has 0 spiro atoms. The number of hydrogen-bond donors (Lipinski definition) is 0. The normalized spacial score (nSPS) is 18.1. The van der Waals surface area contributed by atoms with Crippen LogP contribution >= 0.6 is 0 Å². The Morgan fingerprint density at radius 2 is 1.96 bits per heavy atom. The van der Waals surface area contributed by atoms with Crippen LogP contribution in [0.4, 0.5) is 4.79 Å². The fourth-order valence-electron chi connectivity index (χ4n) is 2.82. The summed E-state index contributed by atoms with van der Waals surface area (Å²) in [5.41, 5.74) is 0.949. The lowest BCUT2D eigenvalue weighted by Gasteiger charge is -2.21. The second-order valence-corrected chi connectivity index (χ2v) is 6.00. The van der Waals surface area contributed by atoms with E-state index in [1.54, 1.807) is 6.08 Å². The third-order valence-electron chi connectivity index (χ3n) is 4.14. The molecule has 0 unspecified atom stereocenters. The largest absolute Gasteiger partial charge is 0.447 e. The number of carbonyl (C=O) groups excluding carboxylic acids is 2. The summed E-state index contributed by atoms with van der Waals surface area (Å²) < 4.78 is 5.02. The van der Waals surface area contributed by atoms with Crippen molar-refractivity contribution in [1.82, 2.24) is 4.90 Å². The maximum absolute atomic E-state index is 12.4. The summed E-state index contributed by atoms with van der Waals surface area (Å²) in [7, 11) is 0. The van der Waals surface area contributed by atoms with Gasteiger partial charge in [-0.15, -0.1) is 0 Å². The van der Waals surface area contributed by atoms with Gasteiger partial charge in [-0.2, -0.15) is 0 Å². The van der Waals surface area contributed by atoms with Crippen molar-refractivity contribution >= 4 is 28.8 Å². The Bertz CT molecular complexity index is 774. The van der Waals surface area contributed by atoms with Crippen molar-refractivity contribution in [3.63, 3.8) is 0 Å². The van der Waals surface area contributed by atoms with Crippen LogP contribution in [0.1, 0.15) is 19.4 Å². The van der Waals surface area contributed by atoms with Crippen LogP contribution in [0.3, 0.4) is 0 Å². The molecule has 1 aliphatic heterocycles. The van der Waals surface area contributed by atoms with E-state index in [4.69, 9.17) is 4.74 Å². The van der Waals surface area contributed by atoms with Gasteiger partial charge in [-0.05, 0) is 28.3 Å². The lowest BCUT2D eigenvalue weighted by molar-refractivity contribution is -0.124. The third kappa shape index (κ3) is 2.97. The number of amides is 2. The highest BCUT2D eigenvalue weighted by atomic mass is 16.6. The summed E-state index contributed by atoms with van der Waals surface area (Å²) in [6, 6.07) is 13.7. The van der Waals surface area contributed by atoms with Gasteiger partial charge in [0, 0.05) is 6.08 Å². The topological polar surface area (TPSA) is 46.6 Å². The monoisotopic (exact) mass is 309 g/mol. The van der Waals surface area contributed by atoms with Gasteiger partial charge >= 0.3 is 6.09 Å². The first-order chi connectivity index (χ1) is 11.1. The number of fused-ring (bicyclic) bond motifs is 1. The Labute approximate surface area is 135 Å². The van der Waals surface area contributed by atoms with Gasteiger partial charge in [0.05, 0.1) is 6.04 Å². The molecule has 3 rings (SSSR count). The summed E-state index contributed by atoms with van der Waals surface area (Å²) in [5, 5.41) is 2.19. The molecule has 0 saturated carbocycles. The van der Waals surface area contributed by atoms with Crippen molar-refractivity contribution in [3.8, 4) is 0 Å². The minimum atomic E-state index is -0.559. The molecule has 1 fully saturated rings. The molecule has 1 saturated heterocycles. The molecule has 4 nitrogen and oxygen atoms in total. The van der Waals surface area contributed by atoms with E-state index in [9.17, 15) is 9.59 Å². The van der Waals surface area contributed by atoms with Crippen LogP contribution in [0.25, 0.3) is 16.8 Å². The summed E-state index contributed by atoms with van der Waals surface area (Å²) in [6.45, 7) is 4.22. The van der Waals surface area contributed by atoms with Crippen LogP contribution in [0, 0.1) is 5.92 Å². The quantitative estimate of drug-likeness (QED) is 0.809. The van der Waals surface area contributed by atoms with Crippen LogP contribution in [0.15, 0.2) is 48.5 Å². The number of hydrogen-bond acceptors (Lipinski definition) is 3. The molecule has 0 N–H and O–H groups in total. The summed E-state index contributed by atoms with van der Waals surface area (Å²) in [6.07, 6.45) is 2.65. The maximum Gasteiger partial charge on any atom is 0.417 e. The Hall–Kier alpha value is -2.62. The number of benzene rings is 2. The minimum Gasteiger partial charge on any atom is -0.447 e. The fraction of sp³-hybridized carbons (Fsp3) is 0.263. The van der Waals surface area contributed by atoms with Crippen LogP contribution in [0.2, 0.25) is 0 Å². The van der Waals surface area contributed by atoms with Gasteiger partial charge in [0.2, 0.25) is 0 Å². The van der Waals surface area contributed by atoms with E-state index in [1.165, 1.54) is 11.0 Å². The smallest absolute Gasteiger partial charge is 0.417 e. The van der Waals surface area contributed by atoms with E-state index in [2.05, 4.69) is 0 Å². The van der Waals surface area contributed by atoms with Gasteiger partial charge in [-0.1, -0.05) is 56.3 Å². The van der Waals surface area contributed by atoms with E-state index in [0.717, 1.165) is 16.3 Å². The van der Waals surface area contributed by atoms with Gasteiger partial charge in [0.25, 0.3) is 5.91 Å². The lowest BCUT2D eigenvalue weighted by Crippen LogP contribution is -2.40. The summed E-state index contributed by atoms with van der Waals surface area (Å²) in [4.78, 5) is 25.4. The average Bonchev–Trinajstić information content (AvgIpc) is 2.94. The van der Waals surface area contributed by atoms with Gasteiger partial charge in [0.15, 0.2) is 0 Å². The van der Waals surface area contributed by atoms with Crippen molar-refractivity contribution in [3.05, 3.63) is 54.1 Å². The van der Waals surface area contributed by atoms with Crippen molar-refractivity contribution in [2.24, 2.45) is 5.92 Å². The first kappa shape index (κ1) is 15.3. The number of ether oxygens (including phenoxy) is 1. The molecule has 0 aliphatic carbocycles. The zero-order chi connectivity index (χ0) is 16.4. The number of carbonyl (C=O) groups is 2. The molecule has 2 amide bonds. The Balaban J connectivity index is 1.87. The van der Waals surface area contributed by atoms with E-state index in [-0.39, 0.29) is 24.5 Å². The van der Waals surface area contributed by atoms with E-state index >= 15 is 0 Å². The molecule has 1 heterocycles. The van der Waals surface area contributed by atoms with Gasteiger partial charge in [-0.25, -0.2) is 9.69 Å².